The van der Waals surface area contributed by atoms with Gasteiger partial charge in [-0.2, -0.15) is 5.26 Å². The summed E-state index contributed by atoms with van der Waals surface area (Å²) in [4.78, 5) is 0. The fraction of sp³-hybridized carbons (Fsp3) is 0.438. The number of hydrogen-bond donors (Lipinski definition) is 1. The summed E-state index contributed by atoms with van der Waals surface area (Å²) in [5.41, 5.74) is 3.15. The second kappa shape index (κ2) is 6.08. The number of nitrogens with zero attached hydrogens (tertiary/aromatic N) is 1. The largest absolute Gasteiger partial charge is 0.491 e. The van der Waals surface area contributed by atoms with Crippen LogP contribution in [0.4, 0.5) is 0 Å². The summed E-state index contributed by atoms with van der Waals surface area (Å²) >= 11 is 0. The van der Waals surface area contributed by atoms with Gasteiger partial charge in [0, 0.05) is 24.2 Å². The van der Waals surface area contributed by atoms with Gasteiger partial charge in [0.15, 0.2) is 0 Å². The SMILES string of the molecule is N#CC1=Cc2cccc(OCC3CNCCO3)c2CC1. The van der Waals surface area contributed by atoms with Gasteiger partial charge in [0.2, 0.25) is 0 Å². The molecule has 1 heterocycles. The summed E-state index contributed by atoms with van der Waals surface area (Å²) in [6, 6.07) is 8.26. The summed E-state index contributed by atoms with van der Waals surface area (Å²) in [5, 5.41) is 12.3. The molecule has 1 saturated heterocycles. The molecule has 4 nitrogen and oxygen atoms in total. The van der Waals surface area contributed by atoms with Crippen molar-refractivity contribution in [2.24, 2.45) is 0 Å². The van der Waals surface area contributed by atoms with Crippen LogP contribution in [-0.2, 0) is 11.2 Å². The molecule has 104 valence electrons. The highest BCUT2D eigenvalue weighted by Gasteiger charge is 2.17. The van der Waals surface area contributed by atoms with E-state index in [2.05, 4.69) is 11.4 Å². The highest BCUT2D eigenvalue weighted by molar-refractivity contribution is 5.65. The molecule has 4 heteroatoms. The minimum atomic E-state index is 0.119. The van der Waals surface area contributed by atoms with Crippen molar-refractivity contribution in [3.05, 3.63) is 34.9 Å². The Balaban J connectivity index is 1.71. The first-order valence-corrected chi connectivity index (χ1v) is 7.04. The number of nitrogens with one attached hydrogen (secondary N) is 1. The van der Waals surface area contributed by atoms with Crippen molar-refractivity contribution in [2.45, 2.75) is 18.9 Å². The molecule has 1 aromatic rings. The van der Waals surface area contributed by atoms with Crippen molar-refractivity contribution in [1.29, 1.82) is 5.26 Å². The predicted molar refractivity (Wildman–Crippen MR) is 76.5 cm³/mol. The Morgan fingerprint density at radius 3 is 3.15 bits per heavy atom. The molecule has 2 aliphatic rings. The van der Waals surface area contributed by atoms with E-state index in [1.54, 1.807) is 0 Å². The number of ether oxygens (including phenoxy) is 2. The lowest BCUT2D eigenvalue weighted by Crippen LogP contribution is -2.41. The van der Waals surface area contributed by atoms with Crippen LogP contribution in [0.3, 0.4) is 0 Å². The smallest absolute Gasteiger partial charge is 0.123 e. The van der Waals surface area contributed by atoms with Crippen LogP contribution in [0.25, 0.3) is 6.08 Å². The van der Waals surface area contributed by atoms with Crippen molar-refractivity contribution in [2.75, 3.05) is 26.3 Å². The average molecular weight is 270 g/mol. The van der Waals surface area contributed by atoms with Crippen molar-refractivity contribution in [1.82, 2.24) is 5.32 Å². The molecule has 1 aliphatic heterocycles. The lowest BCUT2D eigenvalue weighted by Gasteiger charge is -2.25. The Morgan fingerprint density at radius 1 is 1.40 bits per heavy atom. The zero-order chi connectivity index (χ0) is 13.8. The van der Waals surface area contributed by atoms with Gasteiger partial charge in [-0.3, -0.25) is 0 Å². The summed E-state index contributed by atoms with van der Waals surface area (Å²) in [6.45, 7) is 3.07. The van der Waals surface area contributed by atoms with E-state index >= 15 is 0 Å². The molecule has 1 fully saturated rings. The van der Waals surface area contributed by atoms with Crippen LogP contribution in [0.1, 0.15) is 17.5 Å². The van der Waals surface area contributed by atoms with Crippen molar-refractivity contribution >= 4 is 6.08 Å². The lowest BCUT2D eigenvalue weighted by molar-refractivity contribution is 0.00000571. The Labute approximate surface area is 119 Å². The summed E-state index contributed by atoms with van der Waals surface area (Å²) in [6.07, 6.45) is 3.75. The van der Waals surface area contributed by atoms with E-state index in [4.69, 9.17) is 14.7 Å². The first-order chi connectivity index (χ1) is 9.86. The van der Waals surface area contributed by atoms with Crippen molar-refractivity contribution in [3.63, 3.8) is 0 Å². The number of rotatable bonds is 3. The highest BCUT2D eigenvalue weighted by Crippen LogP contribution is 2.31. The Morgan fingerprint density at radius 2 is 2.35 bits per heavy atom. The monoisotopic (exact) mass is 270 g/mol. The number of nitriles is 1. The van der Waals surface area contributed by atoms with Gasteiger partial charge in [-0.1, -0.05) is 12.1 Å². The first-order valence-electron chi connectivity index (χ1n) is 7.04. The van der Waals surface area contributed by atoms with Gasteiger partial charge < -0.3 is 14.8 Å². The van der Waals surface area contributed by atoms with Gasteiger partial charge in [-0.15, -0.1) is 0 Å². The van der Waals surface area contributed by atoms with Crippen LogP contribution in [0.2, 0.25) is 0 Å². The minimum absolute atomic E-state index is 0.119. The second-order valence-corrected chi connectivity index (χ2v) is 5.11. The summed E-state index contributed by atoms with van der Waals surface area (Å²) in [7, 11) is 0. The highest BCUT2D eigenvalue weighted by atomic mass is 16.5. The average Bonchev–Trinajstić information content (AvgIpc) is 2.53. The van der Waals surface area contributed by atoms with Crippen LogP contribution in [-0.4, -0.2) is 32.4 Å². The van der Waals surface area contributed by atoms with Gasteiger partial charge in [0.1, 0.15) is 18.5 Å². The van der Waals surface area contributed by atoms with E-state index in [0.717, 1.165) is 49.4 Å². The molecule has 0 radical (unpaired) electrons. The quantitative estimate of drug-likeness (QED) is 0.911. The van der Waals surface area contributed by atoms with Crippen LogP contribution < -0.4 is 10.1 Å². The second-order valence-electron chi connectivity index (χ2n) is 5.11. The first kappa shape index (κ1) is 13.2. The minimum Gasteiger partial charge on any atom is -0.491 e. The van der Waals surface area contributed by atoms with Gasteiger partial charge in [-0.05, 0) is 30.5 Å². The number of fused-ring (bicyclic) bond motifs is 1. The number of morpholine rings is 1. The molecule has 1 aromatic carbocycles. The summed E-state index contributed by atoms with van der Waals surface area (Å²) in [5.74, 6) is 0.921. The van der Waals surface area contributed by atoms with Crippen LogP contribution in [0.5, 0.6) is 5.75 Å². The number of hydrogen-bond acceptors (Lipinski definition) is 4. The van der Waals surface area contributed by atoms with E-state index in [-0.39, 0.29) is 6.10 Å². The Kier molecular flexibility index (Phi) is 4.00. The molecular weight excluding hydrogens is 252 g/mol. The van der Waals surface area contributed by atoms with Crippen LogP contribution >= 0.6 is 0 Å². The van der Waals surface area contributed by atoms with Gasteiger partial charge in [0.05, 0.1) is 12.7 Å². The van der Waals surface area contributed by atoms with E-state index in [1.807, 2.05) is 24.3 Å². The fourth-order valence-electron chi connectivity index (χ4n) is 2.64. The van der Waals surface area contributed by atoms with E-state index < -0.39 is 0 Å². The molecule has 0 spiro atoms. The third-order valence-electron chi connectivity index (χ3n) is 3.72. The predicted octanol–water partition coefficient (Wildman–Crippen LogP) is 1.91. The molecule has 20 heavy (non-hydrogen) atoms. The molecule has 1 unspecified atom stereocenters. The molecule has 1 atom stereocenters. The zero-order valence-electron chi connectivity index (χ0n) is 11.4. The molecule has 1 aliphatic carbocycles. The van der Waals surface area contributed by atoms with E-state index in [9.17, 15) is 0 Å². The molecule has 3 rings (SSSR count). The molecule has 0 aromatic heterocycles. The van der Waals surface area contributed by atoms with E-state index in [0.29, 0.717) is 6.61 Å². The zero-order valence-corrected chi connectivity index (χ0v) is 11.4. The Hall–Kier alpha value is -1.83. The third-order valence-corrected chi connectivity index (χ3v) is 3.72. The van der Waals surface area contributed by atoms with Gasteiger partial charge >= 0.3 is 0 Å². The number of allylic oxidation sites excluding steroid dienone is 1. The lowest BCUT2D eigenvalue weighted by atomic mass is 9.92. The van der Waals surface area contributed by atoms with E-state index in [1.165, 1.54) is 5.56 Å². The fourth-order valence-corrected chi connectivity index (χ4v) is 2.64. The normalized spacial score (nSPS) is 21.6. The third kappa shape index (κ3) is 2.84. The molecule has 1 N–H and O–H groups in total. The molecule has 0 bridgehead atoms. The topological polar surface area (TPSA) is 54.3 Å². The van der Waals surface area contributed by atoms with Crippen LogP contribution in [0, 0.1) is 11.3 Å². The maximum atomic E-state index is 8.99. The molecule has 0 amide bonds. The van der Waals surface area contributed by atoms with Crippen LogP contribution in [0.15, 0.2) is 23.8 Å². The Bertz CT molecular complexity index is 554. The molecule has 0 saturated carbocycles. The number of benzene rings is 1. The van der Waals surface area contributed by atoms with Gasteiger partial charge in [0.25, 0.3) is 0 Å². The summed E-state index contributed by atoms with van der Waals surface area (Å²) < 4.78 is 11.6. The standard InChI is InChI=1S/C16H18N2O2/c17-9-12-4-5-15-13(8-12)2-1-3-16(15)20-11-14-10-18-6-7-19-14/h1-3,8,14,18H,4-7,10-11H2. The van der Waals surface area contributed by atoms with Gasteiger partial charge in [-0.25, -0.2) is 0 Å². The van der Waals surface area contributed by atoms with Crippen molar-refractivity contribution < 1.29 is 9.47 Å². The maximum Gasteiger partial charge on any atom is 0.123 e. The maximum absolute atomic E-state index is 8.99. The van der Waals surface area contributed by atoms with Crippen molar-refractivity contribution in [3.8, 4) is 11.8 Å². The molecular formula is C16H18N2O2.